The van der Waals surface area contributed by atoms with E-state index in [0.717, 1.165) is 31.6 Å². The lowest BCUT2D eigenvalue weighted by atomic mass is 10.2. The number of carbonyl (C=O) groups excluding carboxylic acids is 1. The Morgan fingerprint density at radius 3 is 2.64 bits per heavy atom. The molecule has 2 heterocycles. The average molecular weight is 361 g/mol. The monoisotopic (exact) mass is 361 g/mol. The van der Waals surface area contributed by atoms with Gasteiger partial charge in [-0.2, -0.15) is 4.68 Å². The number of benzene rings is 1. The van der Waals surface area contributed by atoms with E-state index in [1.54, 1.807) is 11.8 Å². The van der Waals surface area contributed by atoms with Crippen LogP contribution in [0.3, 0.4) is 0 Å². The molecule has 1 saturated heterocycles. The highest BCUT2D eigenvalue weighted by Gasteiger charge is 2.25. The number of amides is 1. The summed E-state index contributed by atoms with van der Waals surface area (Å²) in [6.07, 6.45) is 4.58. The van der Waals surface area contributed by atoms with Gasteiger partial charge >= 0.3 is 0 Å². The summed E-state index contributed by atoms with van der Waals surface area (Å²) in [5.41, 5.74) is 0.756. The van der Waals surface area contributed by atoms with Gasteiger partial charge in [0.1, 0.15) is 11.4 Å². The minimum atomic E-state index is -0.238. The van der Waals surface area contributed by atoms with Crippen molar-refractivity contribution in [1.29, 1.82) is 0 Å². The number of para-hydroxylation sites is 2. The Hall–Kier alpha value is -2.09. The Bertz CT molecular complexity index is 713. The van der Waals surface area contributed by atoms with Gasteiger partial charge in [0, 0.05) is 13.1 Å². The number of aromatic nitrogens is 4. The zero-order chi connectivity index (χ0) is 17.6. The van der Waals surface area contributed by atoms with Crippen LogP contribution in [0.2, 0.25) is 0 Å². The standard InChI is InChI=1S/C17H23N5O2S/c1-13(16(23)21-11-7-3-4-8-12-21)25-17-18-19-20-22(17)14-9-5-6-10-15(14)24-2/h5-6,9-10,13H,3-4,7-8,11-12H2,1-2H3. The third kappa shape index (κ3) is 4.12. The summed E-state index contributed by atoms with van der Waals surface area (Å²) in [7, 11) is 1.61. The average Bonchev–Trinajstić information content (AvgIpc) is 2.92. The molecule has 8 heteroatoms. The molecule has 0 aliphatic carbocycles. The molecule has 7 nitrogen and oxygen atoms in total. The molecule has 1 fully saturated rings. The summed E-state index contributed by atoms with van der Waals surface area (Å²) in [5.74, 6) is 0.838. The summed E-state index contributed by atoms with van der Waals surface area (Å²) < 4.78 is 7.01. The fourth-order valence-electron chi connectivity index (χ4n) is 2.97. The van der Waals surface area contributed by atoms with Gasteiger partial charge in [-0.25, -0.2) is 0 Å². The molecule has 1 atom stereocenters. The lowest BCUT2D eigenvalue weighted by Gasteiger charge is -2.23. The Balaban J connectivity index is 1.75. The van der Waals surface area contributed by atoms with Crippen molar-refractivity contribution in [3.63, 3.8) is 0 Å². The highest BCUT2D eigenvalue weighted by molar-refractivity contribution is 8.00. The van der Waals surface area contributed by atoms with Crippen molar-refractivity contribution < 1.29 is 9.53 Å². The van der Waals surface area contributed by atoms with Crippen LogP contribution in [0.25, 0.3) is 5.69 Å². The number of rotatable bonds is 5. The largest absolute Gasteiger partial charge is 0.494 e. The number of thioether (sulfide) groups is 1. The maximum absolute atomic E-state index is 12.8. The number of likely N-dealkylation sites (tertiary alicyclic amines) is 1. The van der Waals surface area contributed by atoms with E-state index in [9.17, 15) is 4.79 Å². The van der Waals surface area contributed by atoms with Gasteiger partial charge in [0.05, 0.1) is 12.4 Å². The molecular weight excluding hydrogens is 338 g/mol. The first-order chi connectivity index (χ1) is 12.2. The number of nitrogens with zero attached hydrogens (tertiary/aromatic N) is 5. The molecule has 0 radical (unpaired) electrons. The number of hydrogen-bond acceptors (Lipinski definition) is 6. The van der Waals surface area contributed by atoms with Crippen LogP contribution in [-0.4, -0.2) is 56.5 Å². The molecule has 0 bridgehead atoms. The number of carbonyl (C=O) groups is 1. The van der Waals surface area contributed by atoms with Gasteiger partial charge < -0.3 is 9.64 Å². The van der Waals surface area contributed by atoms with Crippen LogP contribution in [0, 0.1) is 0 Å². The van der Waals surface area contributed by atoms with Crippen molar-refractivity contribution in [3.05, 3.63) is 24.3 Å². The van der Waals surface area contributed by atoms with Crippen molar-refractivity contribution in [3.8, 4) is 11.4 Å². The second-order valence-corrected chi connectivity index (χ2v) is 7.35. The first kappa shape index (κ1) is 17.7. The Morgan fingerprint density at radius 1 is 1.20 bits per heavy atom. The number of ether oxygens (including phenoxy) is 1. The van der Waals surface area contributed by atoms with Gasteiger partial charge in [0.2, 0.25) is 11.1 Å². The van der Waals surface area contributed by atoms with Gasteiger partial charge in [-0.3, -0.25) is 4.79 Å². The fourth-order valence-corrected chi connectivity index (χ4v) is 3.85. The van der Waals surface area contributed by atoms with Crippen molar-refractivity contribution in [2.45, 2.75) is 43.0 Å². The van der Waals surface area contributed by atoms with Crippen LogP contribution in [0.1, 0.15) is 32.6 Å². The molecule has 1 unspecified atom stereocenters. The molecule has 134 valence electrons. The molecule has 0 saturated carbocycles. The maximum Gasteiger partial charge on any atom is 0.235 e. The second kappa shape index (κ2) is 8.33. The maximum atomic E-state index is 12.8. The minimum Gasteiger partial charge on any atom is -0.494 e. The van der Waals surface area contributed by atoms with Gasteiger partial charge in [-0.1, -0.05) is 36.7 Å². The van der Waals surface area contributed by atoms with Crippen molar-refractivity contribution in [2.75, 3.05) is 20.2 Å². The van der Waals surface area contributed by atoms with E-state index in [0.29, 0.717) is 10.9 Å². The van der Waals surface area contributed by atoms with E-state index >= 15 is 0 Å². The van der Waals surface area contributed by atoms with E-state index in [2.05, 4.69) is 15.5 Å². The number of methoxy groups -OCH3 is 1. The molecule has 0 spiro atoms. The van der Waals surface area contributed by atoms with Crippen LogP contribution in [0.4, 0.5) is 0 Å². The van der Waals surface area contributed by atoms with E-state index in [4.69, 9.17) is 4.74 Å². The van der Waals surface area contributed by atoms with E-state index < -0.39 is 0 Å². The Labute approximate surface area is 151 Å². The predicted molar refractivity (Wildman–Crippen MR) is 96.1 cm³/mol. The zero-order valence-electron chi connectivity index (χ0n) is 14.6. The molecule has 1 aliphatic heterocycles. The molecule has 3 rings (SSSR count). The first-order valence-corrected chi connectivity index (χ1v) is 9.46. The number of hydrogen-bond donors (Lipinski definition) is 0. The van der Waals surface area contributed by atoms with Crippen LogP contribution < -0.4 is 4.74 Å². The predicted octanol–water partition coefficient (Wildman–Crippen LogP) is 2.55. The van der Waals surface area contributed by atoms with Crippen LogP contribution in [0.5, 0.6) is 5.75 Å². The topological polar surface area (TPSA) is 73.1 Å². The molecule has 1 aromatic heterocycles. The van der Waals surface area contributed by atoms with E-state index in [1.165, 1.54) is 24.6 Å². The van der Waals surface area contributed by atoms with Crippen LogP contribution in [-0.2, 0) is 4.79 Å². The molecule has 1 aromatic carbocycles. The smallest absolute Gasteiger partial charge is 0.235 e. The SMILES string of the molecule is COc1ccccc1-n1nnnc1SC(C)C(=O)N1CCCCCC1. The lowest BCUT2D eigenvalue weighted by Crippen LogP contribution is -2.37. The molecule has 2 aromatic rings. The van der Waals surface area contributed by atoms with Crippen LogP contribution >= 0.6 is 11.8 Å². The van der Waals surface area contributed by atoms with Crippen molar-refractivity contribution in [2.24, 2.45) is 0 Å². The van der Waals surface area contributed by atoms with Gasteiger partial charge in [-0.15, -0.1) is 5.10 Å². The summed E-state index contributed by atoms with van der Waals surface area (Å²) in [6.45, 7) is 3.61. The summed E-state index contributed by atoms with van der Waals surface area (Å²) in [4.78, 5) is 14.7. The van der Waals surface area contributed by atoms with Crippen LogP contribution in [0.15, 0.2) is 29.4 Å². The lowest BCUT2D eigenvalue weighted by molar-refractivity contribution is -0.130. The fraction of sp³-hybridized carbons (Fsp3) is 0.529. The van der Waals surface area contributed by atoms with E-state index in [1.807, 2.05) is 36.1 Å². The van der Waals surface area contributed by atoms with Crippen molar-refractivity contribution >= 4 is 17.7 Å². The molecule has 0 N–H and O–H groups in total. The minimum absolute atomic E-state index is 0.154. The highest BCUT2D eigenvalue weighted by atomic mass is 32.2. The quantitative estimate of drug-likeness (QED) is 0.762. The summed E-state index contributed by atoms with van der Waals surface area (Å²) in [5, 5.41) is 12.3. The third-order valence-corrected chi connectivity index (χ3v) is 5.32. The Morgan fingerprint density at radius 2 is 1.92 bits per heavy atom. The van der Waals surface area contributed by atoms with E-state index in [-0.39, 0.29) is 11.2 Å². The first-order valence-electron chi connectivity index (χ1n) is 8.58. The summed E-state index contributed by atoms with van der Waals surface area (Å²) in [6, 6.07) is 7.54. The molecular formula is C17H23N5O2S. The van der Waals surface area contributed by atoms with Gasteiger partial charge in [-0.05, 0) is 42.3 Å². The van der Waals surface area contributed by atoms with Crippen molar-refractivity contribution in [1.82, 2.24) is 25.1 Å². The number of tetrazole rings is 1. The second-order valence-electron chi connectivity index (χ2n) is 6.04. The molecule has 1 aliphatic rings. The van der Waals surface area contributed by atoms with Gasteiger partial charge in [0.25, 0.3) is 0 Å². The molecule has 25 heavy (non-hydrogen) atoms. The zero-order valence-corrected chi connectivity index (χ0v) is 15.4. The third-order valence-electron chi connectivity index (χ3n) is 4.30. The molecule has 1 amide bonds. The summed E-state index contributed by atoms with van der Waals surface area (Å²) >= 11 is 1.38. The van der Waals surface area contributed by atoms with Gasteiger partial charge in [0.15, 0.2) is 0 Å². The highest BCUT2D eigenvalue weighted by Crippen LogP contribution is 2.28. The Kier molecular flexibility index (Phi) is 5.91. The normalized spacial score (nSPS) is 16.3.